The van der Waals surface area contributed by atoms with Crippen LogP contribution in [0.3, 0.4) is 0 Å². The molecule has 106 valence electrons. The first-order chi connectivity index (χ1) is 10.0. The summed E-state index contributed by atoms with van der Waals surface area (Å²) in [4.78, 5) is 14.5. The quantitative estimate of drug-likeness (QED) is 0.728. The van der Waals surface area contributed by atoms with Crippen molar-refractivity contribution in [2.75, 3.05) is 5.32 Å². The first kappa shape index (κ1) is 14.4. The fraction of sp³-hybridized carbons (Fsp3) is 0.118. The second-order valence-corrected chi connectivity index (χ2v) is 6.98. The van der Waals surface area contributed by atoms with Gasteiger partial charge in [-0.15, -0.1) is 0 Å². The van der Waals surface area contributed by atoms with E-state index >= 15 is 0 Å². The van der Waals surface area contributed by atoms with E-state index in [0.717, 1.165) is 36.8 Å². The number of ketones is 1. The Morgan fingerprint density at radius 1 is 1.10 bits per heavy atom. The van der Waals surface area contributed by atoms with Gasteiger partial charge in [-0.25, -0.2) is 0 Å². The van der Waals surface area contributed by atoms with Gasteiger partial charge >= 0.3 is 0 Å². The number of halogens is 1. The summed E-state index contributed by atoms with van der Waals surface area (Å²) in [6.07, 6.45) is 0. The van der Waals surface area contributed by atoms with Gasteiger partial charge in [-0.05, 0) is 32.0 Å². The van der Waals surface area contributed by atoms with Gasteiger partial charge in [0.1, 0.15) is 0 Å². The molecule has 21 heavy (non-hydrogen) atoms. The van der Waals surface area contributed by atoms with Gasteiger partial charge in [0.25, 0.3) is 0 Å². The number of carbonyl (C=O) groups excluding carboxylic acids is 1. The van der Waals surface area contributed by atoms with Gasteiger partial charge in [-0.3, -0.25) is 4.79 Å². The van der Waals surface area contributed by atoms with Crippen LogP contribution in [0.1, 0.15) is 22.8 Å². The minimum atomic E-state index is 0.0654. The van der Waals surface area contributed by atoms with Crippen LogP contribution in [0.5, 0.6) is 0 Å². The van der Waals surface area contributed by atoms with Crippen molar-refractivity contribution in [1.29, 1.82) is 0 Å². The Balaban J connectivity index is 1.95. The van der Waals surface area contributed by atoms with Crippen LogP contribution >= 0.6 is 27.7 Å². The largest absolute Gasteiger partial charge is 0.357 e. The molecule has 0 unspecified atom stereocenters. The summed E-state index contributed by atoms with van der Waals surface area (Å²) in [5.41, 5.74) is 3.82. The number of aryl methyl sites for hydroxylation is 1. The number of anilines is 1. The minimum absolute atomic E-state index is 0.0654. The molecular formula is C17H14BrNOS. The average Bonchev–Trinajstić information content (AvgIpc) is 2.47. The molecule has 0 radical (unpaired) electrons. The van der Waals surface area contributed by atoms with Crippen LogP contribution in [0, 0.1) is 6.92 Å². The maximum atomic E-state index is 12.7. The molecule has 1 aliphatic rings. The maximum absolute atomic E-state index is 12.7. The highest BCUT2D eigenvalue weighted by Crippen LogP contribution is 2.42. The van der Waals surface area contributed by atoms with Gasteiger partial charge < -0.3 is 5.32 Å². The molecule has 0 aliphatic carbocycles. The molecule has 1 N–H and O–H groups in total. The number of nitrogens with one attached hydrogen (secondary N) is 1. The van der Waals surface area contributed by atoms with E-state index in [9.17, 15) is 4.79 Å². The lowest BCUT2D eigenvalue weighted by Gasteiger charge is -2.21. The number of carbonyl (C=O) groups is 1. The summed E-state index contributed by atoms with van der Waals surface area (Å²) in [6.45, 7) is 3.96. The van der Waals surface area contributed by atoms with E-state index in [2.05, 4.69) is 21.2 Å². The fourth-order valence-electron chi connectivity index (χ4n) is 2.18. The molecule has 2 aromatic rings. The predicted molar refractivity (Wildman–Crippen MR) is 91.8 cm³/mol. The van der Waals surface area contributed by atoms with E-state index in [4.69, 9.17) is 0 Å². The molecular weight excluding hydrogens is 346 g/mol. The minimum Gasteiger partial charge on any atom is -0.357 e. The molecule has 0 aromatic heterocycles. The van der Waals surface area contributed by atoms with Crippen LogP contribution < -0.4 is 5.32 Å². The summed E-state index contributed by atoms with van der Waals surface area (Å²) in [6, 6.07) is 13.7. The molecule has 4 heteroatoms. The Bertz CT molecular complexity index is 750. The topological polar surface area (TPSA) is 29.1 Å². The fourth-order valence-corrected chi connectivity index (χ4v) is 3.74. The van der Waals surface area contributed by atoms with E-state index in [1.807, 2.05) is 56.3 Å². The number of hydrogen-bond acceptors (Lipinski definition) is 3. The molecule has 0 saturated carbocycles. The van der Waals surface area contributed by atoms with E-state index in [-0.39, 0.29) is 5.78 Å². The van der Waals surface area contributed by atoms with Crippen LogP contribution in [-0.2, 0) is 0 Å². The second-order valence-electron chi connectivity index (χ2n) is 5.02. The van der Waals surface area contributed by atoms with E-state index in [1.54, 1.807) is 0 Å². The Morgan fingerprint density at radius 2 is 1.81 bits per heavy atom. The van der Waals surface area contributed by atoms with Crippen molar-refractivity contribution < 1.29 is 4.79 Å². The van der Waals surface area contributed by atoms with Crippen molar-refractivity contribution >= 4 is 39.2 Å². The number of allylic oxidation sites excluding steroid dienone is 2. The molecule has 2 aromatic carbocycles. The maximum Gasteiger partial charge on any atom is 0.201 e. The summed E-state index contributed by atoms with van der Waals surface area (Å²) in [7, 11) is 0. The molecule has 3 rings (SSSR count). The second kappa shape index (κ2) is 5.70. The standard InChI is InChI=1S/C17H14BrNOS/c1-10-3-5-12(6-4-10)16(20)17-11(2)19-14-8-7-13(18)9-15(14)21-17/h3-9,19H,1-2H3. The zero-order valence-electron chi connectivity index (χ0n) is 11.7. The van der Waals surface area contributed by atoms with Crippen molar-refractivity contribution in [3.63, 3.8) is 0 Å². The number of fused-ring (bicyclic) bond motifs is 1. The van der Waals surface area contributed by atoms with Gasteiger partial charge in [0.15, 0.2) is 0 Å². The molecule has 0 bridgehead atoms. The van der Waals surface area contributed by atoms with Crippen LogP contribution in [-0.4, -0.2) is 5.78 Å². The van der Waals surface area contributed by atoms with Crippen molar-refractivity contribution in [2.45, 2.75) is 18.7 Å². The summed E-state index contributed by atoms with van der Waals surface area (Å²) < 4.78 is 1.01. The molecule has 0 amide bonds. The van der Waals surface area contributed by atoms with Crippen molar-refractivity contribution in [1.82, 2.24) is 0 Å². The van der Waals surface area contributed by atoms with Crippen LogP contribution in [0.15, 0.2) is 62.4 Å². The first-order valence-corrected chi connectivity index (χ1v) is 8.22. The van der Waals surface area contributed by atoms with Gasteiger partial charge in [-0.1, -0.05) is 57.5 Å². The van der Waals surface area contributed by atoms with E-state index < -0.39 is 0 Å². The SMILES string of the molecule is CC1=C(C(=O)c2ccc(C)cc2)Sc2cc(Br)ccc2N1. The Labute approximate surface area is 136 Å². The molecule has 0 fully saturated rings. The Kier molecular flexibility index (Phi) is 3.91. The molecule has 2 nitrogen and oxygen atoms in total. The number of hydrogen-bond donors (Lipinski definition) is 1. The number of Topliss-reactive ketones (excluding diaryl/α,β-unsaturated/α-hetero) is 1. The van der Waals surface area contributed by atoms with Gasteiger partial charge in [0.05, 0.1) is 10.6 Å². The highest BCUT2D eigenvalue weighted by molar-refractivity contribution is 9.10. The van der Waals surface area contributed by atoms with Gasteiger partial charge in [-0.2, -0.15) is 0 Å². The third kappa shape index (κ3) is 2.92. The Morgan fingerprint density at radius 3 is 2.52 bits per heavy atom. The normalized spacial score (nSPS) is 13.7. The molecule has 1 heterocycles. The number of thioether (sulfide) groups is 1. The lowest BCUT2D eigenvalue weighted by Crippen LogP contribution is -2.12. The summed E-state index contributed by atoms with van der Waals surface area (Å²) in [5, 5.41) is 3.32. The lowest BCUT2D eigenvalue weighted by atomic mass is 10.1. The predicted octanol–water partition coefficient (Wildman–Crippen LogP) is 5.39. The number of rotatable bonds is 2. The lowest BCUT2D eigenvalue weighted by molar-refractivity contribution is 0.104. The zero-order valence-corrected chi connectivity index (χ0v) is 14.1. The van der Waals surface area contributed by atoms with Gasteiger partial charge in [0.2, 0.25) is 5.78 Å². The van der Waals surface area contributed by atoms with Crippen LogP contribution in [0.25, 0.3) is 0 Å². The van der Waals surface area contributed by atoms with Gasteiger partial charge in [0, 0.05) is 20.6 Å². The van der Waals surface area contributed by atoms with Crippen molar-refractivity contribution in [2.24, 2.45) is 0 Å². The summed E-state index contributed by atoms with van der Waals surface area (Å²) in [5.74, 6) is 0.0654. The van der Waals surface area contributed by atoms with E-state index in [1.165, 1.54) is 11.8 Å². The third-order valence-electron chi connectivity index (χ3n) is 3.34. The number of benzene rings is 2. The summed E-state index contributed by atoms with van der Waals surface area (Å²) >= 11 is 5.00. The molecule has 0 saturated heterocycles. The molecule has 1 aliphatic heterocycles. The molecule has 0 spiro atoms. The van der Waals surface area contributed by atoms with E-state index in [0.29, 0.717) is 0 Å². The monoisotopic (exact) mass is 359 g/mol. The zero-order chi connectivity index (χ0) is 15.0. The highest BCUT2D eigenvalue weighted by Gasteiger charge is 2.22. The smallest absolute Gasteiger partial charge is 0.201 e. The highest BCUT2D eigenvalue weighted by atomic mass is 79.9. The van der Waals surface area contributed by atoms with Crippen molar-refractivity contribution in [3.05, 3.63) is 68.7 Å². The Hall–Kier alpha value is -1.52. The first-order valence-electron chi connectivity index (χ1n) is 6.61. The third-order valence-corrected chi connectivity index (χ3v) is 5.09. The van der Waals surface area contributed by atoms with Crippen LogP contribution in [0.2, 0.25) is 0 Å². The molecule has 0 atom stereocenters. The van der Waals surface area contributed by atoms with Crippen molar-refractivity contribution in [3.8, 4) is 0 Å². The van der Waals surface area contributed by atoms with Crippen LogP contribution in [0.4, 0.5) is 5.69 Å². The average molecular weight is 360 g/mol.